The molecule has 2 aromatic rings. The Hall–Kier alpha value is -1.30. The van der Waals surface area contributed by atoms with Crippen LogP contribution in [0.4, 0.5) is 0 Å². The van der Waals surface area contributed by atoms with Crippen molar-refractivity contribution in [3.05, 3.63) is 48.0 Å². The molecule has 108 valence electrons. The van der Waals surface area contributed by atoms with Crippen LogP contribution in [0.15, 0.2) is 47.5 Å². The third-order valence-electron chi connectivity index (χ3n) is 2.75. The van der Waals surface area contributed by atoms with Crippen LogP contribution < -0.4 is 11.1 Å². The van der Waals surface area contributed by atoms with Gasteiger partial charge in [0.1, 0.15) is 0 Å². The van der Waals surface area contributed by atoms with Gasteiger partial charge in [-0.1, -0.05) is 36.4 Å². The van der Waals surface area contributed by atoms with Crippen LogP contribution in [0.25, 0.3) is 10.8 Å². The fourth-order valence-electron chi connectivity index (χ4n) is 1.94. The van der Waals surface area contributed by atoms with Gasteiger partial charge in [0.25, 0.3) is 0 Å². The Bertz CT molecular complexity index is 600. The number of nitrogens with zero attached hydrogens (tertiary/aromatic N) is 1. The maximum Gasteiger partial charge on any atom is 0.189 e. The zero-order valence-electron chi connectivity index (χ0n) is 12.2. The molecule has 2 aromatic carbocycles. The number of nitrogens with two attached hydrogens (primary N) is 1. The summed E-state index contributed by atoms with van der Waals surface area (Å²) in [5.74, 6) is 0.487. The maximum atomic E-state index is 5.86. The molecular weight excluding hydrogens is 361 g/mol. The van der Waals surface area contributed by atoms with Crippen molar-refractivity contribution in [2.45, 2.75) is 32.9 Å². The van der Waals surface area contributed by atoms with Gasteiger partial charge in [0, 0.05) is 5.54 Å². The predicted octanol–water partition coefficient (Wildman–Crippen LogP) is 3.66. The second kappa shape index (κ2) is 6.92. The summed E-state index contributed by atoms with van der Waals surface area (Å²) in [5.41, 5.74) is 6.96. The molecule has 3 N–H and O–H groups in total. The molecule has 0 unspecified atom stereocenters. The van der Waals surface area contributed by atoms with Crippen LogP contribution in [0.2, 0.25) is 0 Å². The molecule has 20 heavy (non-hydrogen) atoms. The van der Waals surface area contributed by atoms with Crippen molar-refractivity contribution in [1.82, 2.24) is 5.32 Å². The summed E-state index contributed by atoms with van der Waals surface area (Å²) < 4.78 is 0. The largest absolute Gasteiger partial charge is 0.370 e. The van der Waals surface area contributed by atoms with Gasteiger partial charge in [-0.2, -0.15) is 0 Å². The van der Waals surface area contributed by atoms with E-state index in [9.17, 15) is 0 Å². The van der Waals surface area contributed by atoms with Crippen molar-refractivity contribution >= 4 is 40.7 Å². The Morgan fingerprint density at radius 3 is 2.40 bits per heavy atom. The average Bonchev–Trinajstić information content (AvgIpc) is 2.34. The highest BCUT2D eigenvalue weighted by Crippen LogP contribution is 2.16. The Labute approximate surface area is 137 Å². The Morgan fingerprint density at radius 2 is 1.75 bits per heavy atom. The number of nitrogens with one attached hydrogen (secondary N) is 1. The summed E-state index contributed by atoms with van der Waals surface area (Å²) in [5, 5.41) is 5.63. The molecule has 0 aliphatic rings. The van der Waals surface area contributed by atoms with E-state index in [1.54, 1.807) is 0 Å². The van der Waals surface area contributed by atoms with E-state index in [0.717, 1.165) is 5.56 Å². The standard InChI is InChI=1S/C16H21N3.HI/c1-16(2,3)19-15(17)18-11-12-8-9-13-6-4-5-7-14(13)10-12;/h4-10H,11H2,1-3H3,(H3,17,18,19);1H. The first-order valence-corrected chi connectivity index (χ1v) is 6.50. The average molecular weight is 383 g/mol. The second-order valence-corrected chi connectivity index (χ2v) is 5.76. The first kappa shape index (κ1) is 16.8. The SMILES string of the molecule is CC(C)(C)NC(N)=NCc1ccc2ccccc2c1.I. The van der Waals surface area contributed by atoms with Crippen molar-refractivity contribution in [3.63, 3.8) is 0 Å². The topological polar surface area (TPSA) is 50.4 Å². The van der Waals surface area contributed by atoms with Gasteiger partial charge < -0.3 is 11.1 Å². The van der Waals surface area contributed by atoms with Gasteiger partial charge in [0.15, 0.2) is 5.96 Å². The van der Waals surface area contributed by atoms with Gasteiger partial charge in [-0.15, -0.1) is 24.0 Å². The number of guanidine groups is 1. The quantitative estimate of drug-likeness (QED) is 0.473. The number of hydrogen-bond donors (Lipinski definition) is 2. The number of halogens is 1. The summed E-state index contributed by atoms with van der Waals surface area (Å²) in [6.07, 6.45) is 0. The van der Waals surface area contributed by atoms with E-state index in [2.05, 4.69) is 61.4 Å². The van der Waals surface area contributed by atoms with Crippen LogP contribution in [0.5, 0.6) is 0 Å². The highest BCUT2D eigenvalue weighted by molar-refractivity contribution is 14.0. The lowest BCUT2D eigenvalue weighted by molar-refractivity contribution is 0.508. The van der Waals surface area contributed by atoms with Crippen LogP contribution >= 0.6 is 24.0 Å². The molecule has 0 bridgehead atoms. The van der Waals surface area contributed by atoms with Gasteiger partial charge in [-0.25, -0.2) is 4.99 Å². The lowest BCUT2D eigenvalue weighted by Crippen LogP contribution is -2.44. The van der Waals surface area contributed by atoms with Crippen LogP contribution in [-0.4, -0.2) is 11.5 Å². The molecule has 4 heteroatoms. The van der Waals surface area contributed by atoms with Crippen LogP contribution in [0, 0.1) is 0 Å². The molecule has 0 atom stereocenters. The minimum Gasteiger partial charge on any atom is -0.370 e. The van der Waals surface area contributed by atoms with Gasteiger partial charge in [-0.3, -0.25) is 0 Å². The molecule has 0 radical (unpaired) electrons. The number of hydrogen-bond acceptors (Lipinski definition) is 1. The number of rotatable bonds is 2. The Kier molecular flexibility index (Phi) is 5.80. The molecule has 0 amide bonds. The predicted molar refractivity (Wildman–Crippen MR) is 97.6 cm³/mol. The number of benzene rings is 2. The molecule has 0 saturated carbocycles. The van der Waals surface area contributed by atoms with E-state index in [-0.39, 0.29) is 29.5 Å². The molecule has 0 aromatic heterocycles. The maximum absolute atomic E-state index is 5.86. The van der Waals surface area contributed by atoms with Crippen molar-refractivity contribution in [2.75, 3.05) is 0 Å². The molecule has 2 rings (SSSR count). The molecule has 0 spiro atoms. The summed E-state index contributed by atoms with van der Waals surface area (Å²) in [4.78, 5) is 4.37. The first-order valence-electron chi connectivity index (χ1n) is 6.50. The number of aliphatic imine (C=N–C) groups is 1. The van der Waals surface area contributed by atoms with E-state index in [0.29, 0.717) is 12.5 Å². The number of fused-ring (bicyclic) bond motifs is 1. The lowest BCUT2D eigenvalue weighted by atomic mass is 10.1. The van der Waals surface area contributed by atoms with E-state index in [1.807, 2.05) is 12.1 Å². The molecule has 0 saturated heterocycles. The molecule has 3 nitrogen and oxygen atoms in total. The Balaban J connectivity index is 0.00000200. The van der Waals surface area contributed by atoms with Crippen molar-refractivity contribution < 1.29 is 0 Å². The summed E-state index contributed by atoms with van der Waals surface area (Å²) in [7, 11) is 0. The first-order chi connectivity index (χ1) is 8.94. The minimum atomic E-state index is -0.0586. The van der Waals surface area contributed by atoms with Gasteiger partial charge in [-0.05, 0) is 43.2 Å². The van der Waals surface area contributed by atoms with Crippen LogP contribution in [-0.2, 0) is 6.54 Å². The normalized spacial score (nSPS) is 12.1. The van der Waals surface area contributed by atoms with Gasteiger partial charge >= 0.3 is 0 Å². The third kappa shape index (κ3) is 5.00. The fourth-order valence-corrected chi connectivity index (χ4v) is 1.94. The molecule has 0 heterocycles. The zero-order valence-corrected chi connectivity index (χ0v) is 14.5. The third-order valence-corrected chi connectivity index (χ3v) is 2.75. The van der Waals surface area contributed by atoms with E-state index in [1.165, 1.54) is 10.8 Å². The van der Waals surface area contributed by atoms with Crippen LogP contribution in [0.3, 0.4) is 0 Å². The van der Waals surface area contributed by atoms with Crippen molar-refractivity contribution in [1.29, 1.82) is 0 Å². The fraction of sp³-hybridized carbons (Fsp3) is 0.312. The highest BCUT2D eigenvalue weighted by Gasteiger charge is 2.09. The van der Waals surface area contributed by atoms with Gasteiger partial charge in [0.2, 0.25) is 0 Å². The second-order valence-electron chi connectivity index (χ2n) is 5.76. The van der Waals surface area contributed by atoms with E-state index in [4.69, 9.17) is 5.73 Å². The smallest absolute Gasteiger partial charge is 0.189 e. The molecule has 0 aliphatic carbocycles. The van der Waals surface area contributed by atoms with Crippen molar-refractivity contribution in [3.8, 4) is 0 Å². The van der Waals surface area contributed by atoms with Crippen molar-refractivity contribution in [2.24, 2.45) is 10.7 Å². The molecular formula is C16H22IN3. The summed E-state index contributed by atoms with van der Waals surface area (Å²) >= 11 is 0. The van der Waals surface area contributed by atoms with E-state index >= 15 is 0 Å². The highest BCUT2D eigenvalue weighted by atomic mass is 127. The molecule has 0 fully saturated rings. The molecule has 0 aliphatic heterocycles. The summed E-state index contributed by atoms with van der Waals surface area (Å²) in [6.45, 7) is 6.78. The zero-order chi connectivity index (χ0) is 13.9. The van der Waals surface area contributed by atoms with E-state index < -0.39 is 0 Å². The monoisotopic (exact) mass is 383 g/mol. The lowest BCUT2D eigenvalue weighted by Gasteiger charge is -2.21. The van der Waals surface area contributed by atoms with Gasteiger partial charge in [0.05, 0.1) is 6.54 Å². The van der Waals surface area contributed by atoms with Crippen LogP contribution in [0.1, 0.15) is 26.3 Å². The Morgan fingerprint density at radius 1 is 1.10 bits per heavy atom. The minimum absolute atomic E-state index is 0. The summed E-state index contributed by atoms with van der Waals surface area (Å²) in [6, 6.07) is 14.7.